The van der Waals surface area contributed by atoms with Crippen molar-refractivity contribution in [1.29, 1.82) is 0 Å². The average molecular weight is 337 g/mol. The quantitative estimate of drug-likeness (QED) is 0.760. The van der Waals surface area contributed by atoms with E-state index in [-0.39, 0.29) is 6.54 Å². The summed E-state index contributed by atoms with van der Waals surface area (Å²) in [5.41, 5.74) is 5.29. The Morgan fingerprint density at radius 2 is 1.74 bits per heavy atom. The van der Waals surface area contributed by atoms with Gasteiger partial charge in [-0.25, -0.2) is 13.6 Å². The lowest BCUT2D eigenvalue weighted by molar-refractivity contribution is 0.185. The van der Waals surface area contributed by atoms with E-state index < -0.39 is 20.4 Å². The molecule has 7 nitrogen and oxygen atoms in total. The van der Waals surface area contributed by atoms with E-state index in [2.05, 4.69) is 5.10 Å². The molecule has 0 saturated carbocycles. The van der Waals surface area contributed by atoms with Crippen LogP contribution in [0.4, 0.5) is 0 Å². The lowest BCUT2D eigenvalue weighted by Crippen LogP contribution is -2.58. The normalized spacial score (nSPS) is 32.3. The Morgan fingerprint density at radius 1 is 1.09 bits per heavy atom. The maximum Gasteiger partial charge on any atom is 0.235 e. The lowest BCUT2D eigenvalue weighted by atomic mass is 9.91. The Hall–Kier alpha value is -1.48. The number of piperidine rings is 1. The number of aromatic nitrogens is 2. The fraction of sp³-hybridized carbons (Fsp3) is 0.533. The predicted octanol–water partition coefficient (Wildman–Crippen LogP) is 0.134. The maximum atomic E-state index is 12.4. The standard InChI is InChI=1S/C15H23N5O2S/c16-13-14(20-12-4-9-18-20)5-7-15(8-6-14,23(17,21)22)19-10-2-1-3-11-19/h4-9,12H,1-3,10-11,13,16H2,(H2,17,21,22). The summed E-state index contributed by atoms with van der Waals surface area (Å²) in [4.78, 5) is 0.640. The van der Waals surface area contributed by atoms with E-state index in [9.17, 15) is 8.42 Å². The topological polar surface area (TPSA) is 107 Å². The third-order valence-corrected chi connectivity index (χ3v) is 6.23. The highest BCUT2D eigenvalue weighted by atomic mass is 32.2. The van der Waals surface area contributed by atoms with E-state index >= 15 is 0 Å². The number of hydrogen-bond donors (Lipinski definition) is 2. The van der Waals surface area contributed by atoms with Gasteiger partial charge in [0.25, 0.3) is 0 Å². The smallest absolute Gasteiger partial charge is 0.235 e. The second-order valence-electron chi connectivity index (χ2n) is 6.16. The molecule has 23 heavy (non-hydrogen) atoms. The minimum Gasteiger partial charge on any atom is -0.328 e. The molecule has 0 radical (unpaired) electrons. The molecule has 1 fully saturated rings. The van der Waals surface area contributed by atoms with Gasteiger partial charge in [-0.05, 0) is 31.1 Å². The number of rotatable bonds is 4. The van der Waals surface area contributed by atoms with Crippen LogP contribution in [0.2, 0.25) is 0 Å². The first-order valence-electron chi connectivity index (χ1n) is 7.82. The highest BCUT2D eigenvalue weighted by Crippen LogP contribution is 2.35. The number of nitrogens with two attached hydrogens (primary N) is 2. The van der Waals surface area contributed by atoms with Crippen molar-refractivity contribution in [1.82, 2.24) is 14.7 Å². The van der Waals surface area contributed by atoms with Crippen LogP contribution in [0.15, 0.2) is 42.8 Å². The van der Waals surface area contributed by atoms with Crippen molar-refractivity contribution in [2.45, 2.75) is 29.7 Å². The maximum absolute atomic E-state index is 12.4. The van der Waals surface area contributed by atoms with Gasteiger partial charge in [-0.2, -0.15) is 5.10 Å². The fourth-order valence-electron chi connectivity index (χ4n) is 3.36. The van der Waals surface area contributed by atoms with Gasteiger partial charge in [-0.15, -0.1) is 0 Å². The molecule has 2 heterocycles. The molecular weight excluding hydrogens is 314 g/mol. The molecule has 1 aromatic heterocycles. The first-order valence-corrected chi connectivity index (χ1v) is 9.37. The summed E-state index contributed by atoms with van der Waals surface area (Å²) >= 11 is 0. The molecule has 8 heteroatoms. The zero-order valence-electron chi connectivity index (χ0n) is 13.0. The Balaban J connectivity index is 2.02. The summed E-state index contributed by atoms with van der Waals surface area (Å²) < 4.78 is 26.5. The highest BCUT2D eigenvalue weighted by Gasteiger charge is 2.46. The predicted molar refractivity (Wildman–Crippen MR) is 88.8 cm³/mol. The van der Waals surface area contributed by atoms with Crippen molar-refractivity contribution in [2.24, 2.45) is 10.9 Å². The third-order valence-electron chi connectivity index (χ3n) is 4.79. The number of hydrogen-bond acceptors (Lipinski definition) is 5. The van der Waals surface area contributed by atoms with Crippen LogP contribution >= 0.6 is 0 Å². The first kappa shape index (κ1) is 16.4. The van der Waals surface area contributed by atoms with E-state index in [1.165, 1.54) is 0 Å². The van der Waals surface area contributed by atoms with E-state index in [0.717, 1.165) is 19.3 Å². The molecule has 4 N–H and O–H groups in total. The van der Waals surface area contributed by atoms with Crippen LogP contribution in [-0.2, 0) is 15.6 Å². The molecule has 0 spiro atoms. The van der Waals surface area contributed by atoms with Crippen molar-refractivity contribution >= 4 is 10.0 Å². The molecule has 0 aromatic carbocycles. The van der Waals surface area contributed by atoms with Crippen LogP contribution in [0.25, 0.3) is 0 Å². The number of sulfonamides is 1. The summed E-state index contributed by atoms with van der Waals surface area (Å²) in [5.74, 6) is 0. The van der Waals surface area contributed by atoms with Gasteiger partial charge in [-0.1, -0.05) is 18.6 Å². The van der Waals surface area contributed by atoms with Gasteiger partial charge in [0.05, 0.1) is 0 Å². The molecular formula is C15H23N5O2S. The molecule has 0 atom stereocenters. The van der Waals surface area contributed by atoms with Gasteiger partial charge in [0.2, 0.25) is 10.0 Å². The van der Waals surface area contributed by atoms with Crippen LogP contribution in [0, 0.1) is 0 Å². The Labute approximate surface area is 136 Å². The average Bonchev–Trinajstić information content (AvgIpc) is 3.10. The fourth-order valence-corrected chi connectivity index (χ4v) is 4.42. The summed E-state index contributed by atoms with van der Waals surface area (Å²) in [6.07, 6.45) is 13.5. The van der Waals surface area contributed by atoms with Crippen LogP contribution in [0.5, 0.6) is 0 Å². The zero-order valence-corrected chi connectivity index (χ0v) is 13.8. The van der Waals surface area contributed by atoms with Crippen LogP contribution in [0.1, 0.15) is 19.3 Å². The number of primary sulfonamides is 1. The van der Waals surface area contributed by atoms with Crippen molar-refractivity contribution in [3.8, 4) is 0 Å². The SMILES string of the molecule is NCC1(n2cccn2)C=CC(N2CCCCC2)(S(N)(=O)=O)C=C1. The Morgan fingerprint density at radius 3 is 2.22 bits per heavy atom. The van der Waals surface area contributed by atoms with Gasteiger partial charge in [0.15, 0.2) is 4.87 Å². The van der Waals surface area contributed by atoms with E-state index in [0.29, 0.717) is 13.1 Å². The first-order chi connectivity index (χ1) is 10.9. The second-order valence-corrected chi connectivity index (χ2v) is 7.90. The minimum atomic E-state index is -3.83. The molecule has 1 aliphatic heterocycles. The van der Waals surface area contributed by atoms with Crippen LogP contribution < -0.4 is 10.9 Å². The molecule has 1 aliphatic carbocycles. The van der Waals surface area contributed by atoms with Crippen molar-refractivity contribution in [2.75, 3.05) is 19.6 Å². The zero-order chi connectivity index (χ0) is 16.6. The lowest BCUT2D eigenvalue weighted by Gasteiger charge is -2.43. The monoisotopic (exact) mass is 337 g/mol. The molecule has 1 aromatic rings. The van der Waals surface area contributed by atoms with Crippen molar-refractivity contribution in [3.05, 3.63) is 42.8 Å². The van der Waals surface area contributed by atoms with Crippen LogP contribution in [0.3, 0.4) is 0 Å². The summed E-state index contributed by atoms with van der Waals surface area (Å²) in [7, 11) is -3.83. The molecule has 0 bridgehead atoms. The van der Waals surface area contributed by atoms with Gasteiger partial charge in [0, 0.05) is 32.0 Å². The largest absolute Gasteiger partial charge is 0.328 e. The Kier molecular flexibility index (Phi) is 4.18. The minimum absolute atomic E-state index is 0.280. The third kappa shape index (κ3) is 2.65. The van der Waals surface area contributed by atoms with E-state index in [1.807, 2.05) is 17.2 Å². The number of nitrogens with zero attached hydrogens (tertiary/aromatic N) is 3. The van der Waals surface area contributed by atoms with Gasteiger partial charge in [0.1, 0.15) is 5.54 Å². The molecule has 0 unspecified atom stereocenters. The molecule has 126 valence electrons. The summed E-state index contributed by atoms with van der Waals surface area (Å²) in [6, 6.07) is 1.81. The van der Waals surface area contributed by atoms with Gasteiger partial charge < -0.3 is 5.73 Å². The summed E-state index contributed by atoms with van der Waals surface area (Å²) in [5, 5.41) is 9.84. The summed E-state index contributed by atoms with van der Waals surface area (Å²) in [6.45, 7) is 1.70. The van der Waals surface area contributed by atoms with Gasteiger partial charge >= 0.3 is 0 Å². The Bertz CT molecular complexity index is 688. The van der Waals surface area contributed by atoms with Crippen molar-refractivity contribution in [3.63, 3.8) is 0 Å². The second kappa shape index (κ2) is 5.86. The van der Waals surface area contributed by atoms with Crippen molar-refractivity contribution < 1.29 is 8.42 Å². The van der Waals surface area contributed by atoms with E-state index in [4.69, 9.17) is 10.9 Å². The molecule has 3 rings (SSSR count). The van der Waals surface area contributed by atoms with Crippen LogP contribution in [-0.4, -0.2) is 47.6 Å². The van der Waals surface area contributed by atoms with Gasteiger partial charge in [-0.3, -0.25) is 9.58 Å². The molecule has 1 saturated heterocycles. The highest BCUT2D eigenvalue weighted by molar-refractivity contribution is 7.90. The number of likely N-dealkylation sites (tertiary alicyclic amines) is 1. The van der Waals surface area contributed by atoms with E-state index in [1.54, 1.807) is 35.2 Å². The molecule has 2 aliphatic rings. The molecule has 0 amide bonds.